The van der Waals surface area contributed by atoms with Gasteiger partial charge in [0.2, 0.25) is 0 Å². The van der Waals surface area contributed by atoms with Crippen LogP contribution in [-0.4, -0.2) is 9.97 Å². The Morgan fingerprint density at radius 2 is 2.07 bits per heavy atom. The third kappa shape index (κ3) is 1.33. The van der Waals surface area contributed by atoms with E-state index < -0.39 is 5.82 Å². The molecule has 0 aromatic carbocycles. The highest BCUT2D eigenvalue weighted by Crippen LogP contribution is 2.46. The van der Waals surface area contributed by atoms with Crippen LogP contribution in [0.5, 0.6) is 0 Å². The highest BCUT2D eigenvalue weighted by atomic mass is 19.1. The molecule has 4 nitrogen and oxygen atoms in total. The summed E-state index contributed by atoms with van der Waals surface area (Å²) in [5.74, 6) is 5.47. The molecule has 5 heteroatoms. The number of nitrogens with zero attached hydrogens (tertiary/aromatic N) is 2. The first-order valence-corrected chi connectivity index (χ1v) is 4.58. The molecule has 3 N–H and O–H groups in total. The van der Waals surface area contributed by atoms with E-state index in [1.807, 2.05) is 0 Å². The van der Waals surface area contributed by atoms with Gasteiger partial charge in [0.1, 0.15) is 5.82 Å². The lowest BCUT2D eigenvalue weighted by Gasteiger charge is -2.10. The smallest absolute Gasteiger partial charge is 0.187 e. The van der Waals surface area contributed by atoms with Crippen molar-refractivity contribution in [2.75, 3.05) is 5.43 Å². The maximum atomic E-state index is 13.3. The van der Waals surface area contributed by atoms with Crippen LogP contribution < -0.4 is 11.3 Å². The number of hydrazine groups is 1. The Kier molecular flexibility index (Phi) is 1.92. The van der Waals surface area contributed by atoms with Crippen LogP contribution in [0.4, 0.5) is 10.2 Å². The Balaban J connectivity index is 2.48. The van der Waals surface area contributed by atoms with E-state index in [0.29, 0.717) is 11.5 Å². The molecule has 0 bridgehead atoms. The second-order valence-electron chi connectivity index (χ2n) is 4.00. The summed E-state index contributed by atoms with van der Waals surface area (Å²) < 4.78 is 13.3. The van der Waals surface area contributed by atoms with Gasteiger partial charge in [-0.05, 0) is 19.8 Å². The summed E-state index contributed by atoms with van der Waals surface area (Å²) in [6.07, 6.45) is 2.12. The number of nitrogen functional groups attached to an aromatic ring is 1. The van der Waals surface area contributed by atoms with Gasteiger partial charge in [-0.2, -0.15) is 0 Å². The molecular formula is C9H13FN4. The van der Waals surface area contributed by atoms with Gasteiger partial charge in [-0.25, -0.2) is 20.2 Å². The van der Waals surface area contributed by atoms with E-state index in [-0.39, 0.29) is 11.2 Å². The van der Waals surface area contributed by atoms with Gasteiger partial charge in [0, 0.05) is 5.41 Å². The van der Waals surface area contributed by atoms with E-state index >= 15 is 0 Å². The molecular weight excluding hydrogens is 183 g/mol. The topological polar surface area (TPSA) is 63.8 Å². The van der Waals surface area contributed by atoms with E-state index in [1.165, 1.54) is 0 Å². The maximum Gasteiger partial charge on any atom is 0.187 e. The molecule has 1 saturated carbocycles. The number of rotatable bonds is 2. The van der Waals surface area contributed by atoms with Gasteiger partial charge in [-0.1, -0.05) is 6.92 Å². The van der Waals surface area contributed by atoms with E-state index in [2.05, 4.69) is 22.3 Å². The zero-order chi connectivity index (χ0) is 10.3. The second kappa shape index (κ2) is 2.88. The number of nitrogens with one attached hydrogen (secondary N) is 1. The average Bonchev–Trinajstić information content (AvgIpc) is 2.89. The van der Waals surface area contributed by atoms with Crippen molar-refractivity contribution in [1.82, 2.24) is 9.97 Å². The van der Waals surface area contributed by atoms with Gasteiger partial charge in [-0.15, -0.1) is 0 Å². The highest BCUT2D eigenvalue weighted by Gasteiger charge is 2.42. The first kappa shape index (κ1) is 9.33. The summed E-state index contributed by atoms with van der Waals surface area (Å²) in [5, 5.41) is 0. The second-order valence-corrected chi connectivity index (χ2v) is 4.00. The summed E-state index contributed by atoms with van der Waals surface area (Å²) in [6, 6.07) is 0. The molecule has 76 valence electrons. The molecule has 0 saturated heterocycles. The molecule has 0 spiro atoms. The van der Waals surface area contributed by atoms with Crippen molar-refractivity contribution in [2.45, 2.75) is 32.1 Å². The fraction of sp³-hybridized carbons (Fsp3) is 0.556. The maximum absolute atomic E-state index is 13.3. The normalized spacial score (nSPS) is 18.0. The van der Waals surface area contributed by atoms with Gasteiger partial charge in [-0.3, -0.25) is 0 Å². The number of hydrogen-bond acceptors (Lipinski definition) is 4. The molecule has 0 atom stereocenters. The molecule has 0 unspecified atom stereocenters. The van der Waals surface area contributed by atoms with Crippen molar-refractivity contribution in [3.63, 3.8) is 0 Å². The van der Waals surface area contributed by atoms with Gasteiger partial charge in [0.25, 0.3) is 0 Å². The SMILES string of the molecule is Cc1nc(C2(C)CC2)nc(NN)c1F. The van der Waals surface area contributed by atoms with E-state index in [0.717, 1.165) is 12.8 Å². The van der Waals surface area contributed by atoms with Crippen molar-refractivity contribution in [1.29, 1.82) is 0 Å². The van der Waals surface area contributed by atoms with Gasteiger partial charge in [0.05, 0.1) is 5.69 Å². The van der Waals surface area contributed by atoms with Crippen LogP contribution in [0.1, 0.15) is 31.3 Å². The first-order valence-electron chi connectivity index (χ1n) is 4.58. The molecule has 1 heterocycles. The molecule has 1 aromatic heterocycles. The summed E-state index contributed by atoms with van der Waals surface area (Å²) >= 11 is 0. The summed E-state index contributed by atoms with van der Waals surface area (Å²) in [5.41, 5.74) is 2.63. The Morgan fingerprint density at radius 3 is 2.57 bits per heavy atom. The van der Waals surface area contributed by atoms with E-state index in [1.54, 1.807) is 6.92 Å². The number of aromatic nitrogens is 2. The number of aryl methyl sites for hydroxylation is 1. The van der Waals surface area contributed by atoms with Gasteiger partial charge < -0.3 is 5.43 Å². The van der Waals surface area contributed by atoms with Crippen LogP contribution in [0.3, 0.4) is 0 Å². The minimum atomic E-state index is -0.472. The average molecular weight is 196 g/mol. The lowest BCUT2D eigenvalue weighted by Crippen LogP contribution is -2.16. The third-order valence-electron chi connectivity index (χ3n) is 2.69. The predicted octanol–water partition coefficient (Wildman–Crippen LogP) is 1.26. The van der Waals surface area contributed by atoms with Crippen LogP contribution in [0.25, 0.3) is 0 Å². The Bertz CT molecular complexity index is 373. The summed E-state index contributed by atoms with van der Waals surface area (Å²) in [7, 11) is 0. The Labute approximate surface area is 81.7 Å². The van der Waals surface area contributed by atoms with Crippen molar-refractivity contribution in [2.24, 2.45) is 5.84 Å². The van der Waals surface area contributed by atoms with Crippen LogP contribution in [0.2, 0.25) is 0 Å². The summed E-state index contributed by atoms with van der Waals surface area (Å²) in [4.78, 5) is 8.20. The molecule has 0 radical (unpaired) electrons. The number of hydrogen-bond donors (Lipinski definition) is 2. The zero-order valence-electron chi connectivity index (χ0n) is 8.26. The Hall–Kier alpha value is -1.23. The largest absolute Gasteiger partial charge is 0.306 e. The minimum Gasteiger partial charge on any atom is -0.306 e. The van der Waals surface area contributed by atoms with Gasteiger partial charge >= 0.3 is 0 Å². The van der Waals surface area contributed by atoms with Crippen molar-refractivity contribution in [3.05, 3.63) is 17.3 Å². The highest BCUT2D eigenvalue weighted by molar-refractivity contribution is 5.38. The molecule has 1 aliphatic carbocycles. The molecule has 1 aromatic rings. The fourth-order valence-corrected chi connectivity index (χ4v) is 1.34. The van der Waals surface area contributed by atoms with Crippen LogP contribution in [0, 0.1) is 12.7 Å². The molecule has 1 fully saturated rings. The molecule has 2 rings (SSSR count). The van der Waals surface area contributed by atoms with Crippen LogP contribution in [-0.2, 0) is 5.41 Å². The number of anilines is 1. The Morgan fingerprint density at radius 1 is 1.43 bits per heavy atom. The van der Waals surface area contributed by atoms with Crippen molar-refractivity contribution < 1.29 is 4.39 Å². The lowest BCUT2D eigenvalue weighted by atomic mass is 10.1. The van der Waals surface area contributed by atoms with E-state index in [4.69, 9.17) is 5.84 Å². The van der Waals surface area contributed by atoms with E-state index in [9.17, 15) is 4.39 Å². The molecule has 0 aliphatic heterocycles. The summed E-state index contributed by atoms with van der Waals surface area (Å²) in [6.45, 7) is 3.69. The van der Waals surface area contributed by atoms with Crippen molar-refractivity contribution in [3.8, 4) is 0 Å². The minimum absolute atomic E-state index is 0.0318. The molecule has 0 amide bonds. The quantitative estimate of drug-likeness (QED) is 0.552. The zero-order valence-corrected chi connectivity index (χ0v) is 8.26. The number of nitrogens with two attached hydrogens (primary N) is 1. The lowest BCUT2D eigenvalue weighted by molar-refractivity contribution is 0.589. The number of halogens is 1. The molecule has 14 heavy (non-hydrogen) atoms. The standard InChI is InChI=1S/C9H13FN4/c1-5-6(10)7(14-11)13-8(12-5)9(2)3-4-9/h3-4,11H2,1-2H3,(H,12,13,14). The third-order valence-corrected chi connectivity index (χ3v) is 2.69. The molecule has 1 aliphatic rings. The van der Waals surface area contributed by atoms with Crippen LogP contribution in [0.15, 0.2) is 0 Å². The van der Waals surface area contributed by atoms with Crippen LogP contribution >= 0.6 is 0 Å². The van der Waals surface area contributed by atoms with Crippen molar-refractivity contribution >= 4 is 5.82 Å². The monoisotopic (exact) mass is 196 g/mol. The first-order chi connectivity index (χ1) is 6.57. The predicted molar refractivity (Wildman–Crippen MR) is 51.1 cm³/mol. The van der Waals surface area contributed by atoms with Gasteiger partial charge in [0.15, 0.2) is 11.6 Å². The fourth-order valence-electron chi connectivity index (χ4n) is 1.34.